The van der Waals surface area contributed by atoms with Crippen molar-refractivity contribution in [3.8, 4) is 0 Å². The molecule has 0 radical (unpaired) electrons. The van der Waals surface area contributed by atoms with Crippen molar-refractivity contribution in [1.82, 2.24) is 4.90 Å². The maximum absolute atomic E-state index is 12.2. The lowest BCUT2D eigenvalue weighted by Crippen LogP contribution is -2.37. The Morgan fingerprint density at radius 1 is 1.00 bits per heavy atom. The van der Waals surface area contributed by atoms with Gasteiger partial charge in [0.25, 0.3) is 0 Å². The summed E-state index contributed by atoms with van der Waals surface area (Å²) in [5.41, 5.74) is 4.21. The minimum atomic E-state index is -0.101. The molecule has 0 bridgehead atoms. The van der Waals surface area contributed by atoms with Crippen molar-refractivity contribution in [2.45, 2.75) is 33.1 Å². The molecule has 5 heteroatoms. The topological polar surface area (TPSA) is 44.4 Å². The van der Waals surface area contributed by atoms with Gasteiger partial charge in [0.15, 0.2) is 5.11 Å². The summed E-state index contributed by atoms with van der Waals surface area (Å²) in [7, 11) is 1.81. The monoisotopic (exact) mass is 369 g/mol. The molecule has 2 N–H and O–H groups in total. The predicted octanol–water partition coefficient (Wildman–Crippen LogP) is 4.60. The van der Waals surface area contributed by atoms with Crippen LogP contribution in [-0.4, -0.2) is 29.5 Å². The summed E-state index contributed by atoms with van der Waals surface area (Å²) in [6.45, 7) is 4.40. The second-order valence-electron chi connectivity index (χ2n) is 6.50. The van der Waals surface area contributed by atoms with Crippen LogP contribution in [-0.2, 0) is 11.2 Å². The third kappa shape index (κ3) is 6.48. The first-order chi connectivity index (χ1) is 12.5. The molecule has 138 valence electrons. The number of anilines is 2. The van der Waals surface area contributed by atoms with Crippen molar-refractivity contribution >= 4 is 34.6 Å². The van der Waals surface area contributed by atoms with Gasteiger partial charge in [-0.1, -0.05) is 43.2 Å². The van der Waals surface area contributed by atoms with Gasteiger partial charge in [-0.25, -0.2) is 0 Å². The molecule has 0 saturated carbocycles. The minimum absolute atomic E-state index is 0.101. The Balaban J connectivity index is 1.82. The van der Waals surface area contributed by atoms with E-state index in [4.69, 9.17) is 12.2 Å². The molecule has 0 unspecified atom stereocenters. The molecule has 0 aliphatic rings. The van der Waals surface area contributed by atoms with Crippen LogP contribution in [0.15, 0.2) is 48.5 Å². The number of hydrogen-bond acceptors (Lipinski definition) is 2. The third-order valence-electron chi connectivity index (χ3n) is 4.09. The normalized spacial score (nSPS) is 10.3. The van der Waals surface area contributed by atoms with Crippen LogP contribution in [0.3, 0.4) is 0 Å². The molecule has 2 rings (SSSR count). The number of carbonyl (C=O) groups is 1. The fourth-order valence-corrected chi connectivity index (χ4v) is 2.66. The van der Waals surface area contributed by atoms with E-state index < -0.39 is 0 Å². The number of aryl methyl sites for hydroxylation is 2. The summed E-state index contributed by atoms with van der Waals surface area (Å²) in [5, 5.41) is 6.58. The van der Waals surface area contributed by atoms with Crippen LogP contribution in [0.4, 0.5) is 11.4 Å². The molecule has 0 aliphatic carbocycles. The number of rotatable bonds is 7. The van der Waals surface area contributed by atoms with E-state index in [1.54, 1.807) is 11.9 Å². The lowest BCUT2D eigenvalue weighted by atomic mass is 10.1. The molecule has 0 saturated heterocycles. The van der Waals surface area contributed by atoms with Crippen LogP contribution in [0.1, 0.15) is 30.9 Å². The molecule has 0 fully saturated rings. The fourth-order valence-electron chi connectivity index (χ4n) is 2.48. The van der Waals surface area contributed by atoms with Crippen LogP contribution in [0.5, 0.6) is 0 Å². The van der Waals surface area contributed by atoms with Crippen molar-refractivity contribution in [2.24, 2.45) is 0 Å². The van der Waals surface area contributed by atoms with E-state index in [1.165, 1.54) is 18.4 Å². The molecule has 0 atom stereocenters. The van der Waals surface area contributed by atoms with Crippen molar-refractivity contribution in [2.75, 3.05) is 24.2 Å². The average Bonchev–Trinajstić information content (AvgIpc) is 2.63. The first-order valence-electron chi connectivity index (χ1n) is 8.95. The smallest absolute Gasteiger partial charge is 0.243 e. The van der Waals surface area contributed by atoms with E-state index in [0.29, 0.717) is 5.11 Å². The van der Waals surface area contributed by atoms with Crippen LogP contribution < -0.4 is 10.6 Å². The molecule has 1 amide bonds. The number of carbonyl (C=O) groups excluding carboxylic acids is 1. The second kappa shape index (κ2) is 9.92. The summed E-state index contributed by atoms with van der Waals surface area (Å²) in [4.78, 5) is 13.9. The third-order valence-corrected chi connectivity index (χ3v) is 4.50. The number of benzene rings is 2. The number of hydrogen-bond donors (Lipinski definition) is 2. The molecule has 0 aliphatic heterocycles. The van der Waals surface area contributed by atoms with Crippen molar-refractivity contribution in [3.05, 3.63) is 59.7 Å². The molecular formula is C21H27N3OS. The van der Waals surface area contributed by atoms with Crippen LogP contribution >= 0.6 is 12.2 Å². The number of nitrogens with one attached hydrogen (secondary N) is 2. The van der Waals surface area contributed by atoms with Crippen LogP contribution in [0.2, 0.25) is 0 Å². The summed E-state index contributed by atoms with van der Waals surface area (Å²) in [6, 6.07) is 16.0. The van der Waals surface area contributed by atoms with E-state index >= 15 is 0 Å². The first kappa shape index (κ1) is 19.9. The van der Waals surface area contributed by atoms with Gasteiger partial charge >= 0.3 is 0 Å². The quantitative estimate of drug-likeness (QED) is 0.700. The highest BCUT2D eigenvalue weighted by Gasteiger charge is 2.10. The van der Waals surface area contributed by atoms with Gasteiger partial charge in [-0.3, -0.25) is 4.79 Å². The van der Waals surface area contributed by atoms with Crippen LogP contribution in [0, 0.1) is 6.92 Å². The Labute approximate surface area is 161 Å². The maximum Gasteiger partial charge on any atom is 0.243 e. The molecular weight excluding hydrogens is 342 g/mol. The van der Waals surface area contributed by atoms with E-state index in [-0.39, 0.29) is 12.5 Å². The van der Waals surface area contributed by atoms with Gasteiger partial charge in [0.05, 0.1) is 6.54 Å². The van der Waals surface area contributed by atoms with Crippen molar-refractivity contribution < 1.29 is 4.79 Å². The summed E-state index contributed by atoms with van der Waals surface area (Å²) < 4.78 is 0. The van der Waals surface area contributed by atoms with Crippen molar-refractivity contribution in [3.63, 3.8) is 0 Å². The highest BCUT2D eigenvalue weighted by Crippen LogP contribution is 2.13. The molecule has 0 spiro atoms. The number of thiocarbonyl (C=S) groups is 1. The fraction of sp³-hybridized carbons (Fsp3) is 0.333. The molecule has 26 heavy (non-hydrogen) atoms. The Morgan fingerprint density at radius 3 is 2.19 bits per heavy atom. The summed E-state index contributed by atoms with van der Waals surface area (Å²) >= 11 is 5.40. The zero-order chi connectivity index (χ0) is 18.9. The standard InChI is InChI=1S/C21H27N3OS/c1-4-5-6-17-9-13-19(14-10-17)23-21(26)24(3)15-20(25)22-18-11-7-16(2)8-12-18/h7-14H,4-6,15H2,1-3H3,(H,22,25)(H,23,26). The zero-order valence-electron chi connectivity index (χ0n) is 15.7. The Morgan fingerprint density at radius 2 is 1.58 bits per heavy atom. The van der Waals surface area contributed by atoms with Gasteiger partial charge in [0.2, 0.25) is 5.91 Å². The Kier molecular flexibility index (Phi) is 7.60. The maximum atomic E-state index is 12.2. The van der Waals surface area contributed by atoms with Gasteiger partial charge in [-0.05, 0) is 61.8 Å². The highest BCUT2D eigenvalue weighted by atomic mass is 32.1. The zero-order valence-corrected chi connectivity index (χ0v) is 16.5. The number of likely N-dealkylation sites (N-methyl/N-ethyl adjacent to an activating group) is 1. The van der Waals surface area contributed by atoms with Crippen molar-refractivity contribution in [1.29, 1.82) is 0 Å². The summed E-state index contributed by atoms with van der Waals surface area (Å²) in [5.74, 6) is -0.101. The van der Waals surface area contributed by atoms with E-state index in [2.05, 4.69) is 29.7 Å². The van der Waals surface area contributed by atoms with E-state index in [1.807, 2.05) is 43.3 Å². The largest absolute Gasteiger partial charge is 0.343 e. The number of unbranched alkanes of at least 4 members (excludes halogenated alkanes) is 1. The molecule has 0 heterocycles. The summed E-state index contributed by atoms with van der Waals surface area (Å²) in [6.07, 6.45) is 3.49. The van der Waals surface area contributed by atoms with Gasteiger partial charge in [0, 0.05) is 18.4 Å². The molecule has 4 nitrogen and oxygen atoms in total. The van der Waals surface area contributed by atoms with Crippen LogP contribution in [0.25, 0.3) is 0 Å². The predicted molar refractivity (Wildman–Crippen MR) is 114 cm³/mol. The molecule has 2 aromatic rings. The SMILES string of the molecule is CCCCc1ccc(NC(=S)N(C)CC(=O)Nc2ccc(C)cc2)cc1. The van der Waals surface area contributed by atoms with Gasteiger partial charge in [0.1, 0.15) is 0 Å². The minimum Gasteiger partial charge on any atom is -0.343 e. The highest BCUT2D eigenvalue weighted by molar-refractivity contribution is 7.80. The Hall–Kier alpha value is -2.40. The lowest BCUT2D eigenvalue weighted by Gasteiger charge is -2.20. The van der Waals surface area contributed by atoms with E-state index in [9.17, 15) is 4.79 Å². The number of amides is 1. The van der Waals surface area contributed by atoms with Gasteiger partial charge in [-0.15, -0.1) is 0 Å². The Bertz CT molecular complexity index is 726. The second-order valence-corrected chi connectivity index (χ2v) is 6.89. The first-order valence-corrected chi connectivity index (χ1v) is 9.36. The molecule has 0 aromatic heterocycles. The van der Waals surface area contributed by atoms with Gasteiger partial charge < -0.3 is 15.5 Å². The molecule has 2 aromatic carbocycles. The van der Waals surface area contributed by atoms with Gasteiger partial charge in [-0.2, -0.15) is 0 Å². The average molecular weight is 370 g/mol. The lowest BCUT2D eigenvalue weighted by molar-refractivity contribution is -0.116. The number of nitrogens with zero attached hydrogens (tertiary/aromatic N) is 1. The van der Waals surface area contributed by atoms with E-state index in [0.717, 1.165) is 23.4 Å².